The van der Waals surface area contributed by atoms with Crippen LogP contribution in [0.25, 0.3) is 39.5 Å². The van der Waals surface area contributed by atoms with Gasteiger partial charge in [0.2, 0.25) is 11.7 Å². The molecule has 0 saturated carbocycles. The number of hydrogen-bond donors (Lipinski definition) is 1. The number of amides is 1. The van der Waals surface area contributed by atoms with E-state index in [0.29, 0.717) is 5.56 Å². The standard InChI is InChI=1S/C20H12ClF3N6O2/c21-13-6-10(20(22,23)24)7-30-8-14(26-18(13)30)19-27-17(28-32-19)12-2-1-3-15-11(12)4-5-29(15)9-16(25)31/h1-8H,9H2,(H2,25,31). The van der Waals surface area contributed by atoms with Crippen molar-refractivity contribution in [2.45, 2.75) is 12.7 Å². The van der Waals surface area contributed by atoms with Crippen LogP contribution in [0.3, 0.4) is 0 Å². The molecule has 162 valence electrons. The molecule has 0 bridgehead atoms. The lowest BCUT2D eigenvalue weighted by atomic mass is 10.1. The first-order chi connectivity index (χ1) is 15.2. The number of alkyl halides is 3. The highest BCUT2D eigenvalue weighted by Crippen LogP contribution is 2.34. The number of benzene rings is 1. The molecule has 4 heterocycles. The Morgan fingerprint density at radius 1 is 1.19 bits per heavy atom. The molecule has 5 rings (SSSR count). The molecule has 0 unspecified atom stereocenters. The van der Waals surface area contributed by atoms with E-state index < -0.39 is 17.6 Å². The summed E-state index contributed by atoms with van der Waals surface area (Å²) in [4.78, 5) is 19.9. The van der Waals surface area contributed by atoms with E-state index in [4.69, 9.17) is 21.9 Å². The molecular formula is C20H12ClF3N6O2. The van der Waals surface area contributed by atoms with E-state index in [1.807, 2.05) is 6.07 Å². The van der Waals surface area contributed by atoms with Crippen molar-refractivity contribution in [1.82, 2.24) is 24.1 Å². The first-order valence-corrected chi connectivity index (χ1v) is 9.54. The van der Waals surface area contributed by atoms with Crippen molar-refractivity contribution in [3.8, 4) is 23.0 Å². The van der Waals surface area contributed by atoms with Gasteiger partial charge in [0, 0.05) is 35.1 Å². The van der Waals surface area contributed by atoms with E-state index in [2.05, 4.69) is 15.1 Å². The number of hydrogen-bond acceptors (Lipinski definition) is 5. The zero-order chi connectivity index (χ0) is 22.6. The number of fused-ring (bicyclic) bond motifs is 2. The molecule has 4 aromatic heterocycles. The highest BCUT2D eigenvalue weighted by atomic mass is 35.5. The topological polar surface area (TPSA) is 104 Å². The molecule has 0 saturated heterocycles. The number of rotatable bonds is 4. The third-order valence-electron chi connectivity index (χ3n) is 4.86. The van der Waals surface area contributed by atoms with Crippen LogP contribution >= 0.6 is 11.6 Å². The first-order valence-electron chi connectivity index (χ1n) is 9.17. The summed E-state index contributed by atoms with van der Waals surface area (Å²) >= 11 is 5.99. The number of nitrogens with zero attached hydrogens (tertiary/aromatic N) is 5. The van der Waals surface area contributed by atoms with Crippen LogP contribution in [-0.4, -0.2) is 30.0 Å². The SMILES string of the molecule is NC(=O)Cn1ccc2c(-c3noc(-c4cn5cc(C(F)(F)F)cc(Cl)c5n4)n3)cccc21. The second kappa shape index (κ2) is 7.09. The molecule has 32 heavy (non-hydrogen) atoms. The second-order valence-electron chi connectivity index (χ2n) is 7.00. The highest BCUT2D eigenvalue weighted by molar-refractivity contribution is 6.33. The van der Waals surface area contributed by atoms with Crippen LogP contribution in [0.4, 0.5) is 13.2 Å². The number of nitrogens with two attached hydrogens (primary N) is 1. The number of pyridine rings is 1. The minimum Gasteiger partial charge on any atom is -0.368 e. The molecule has 12 heteroatoms. The summed E-state index contributed by atoms with van der Waals surface area (Å²) < 4.78 is 47.3. The lowest BCUT2D eigenvalue weighted by Gasteiger charge is -2.07. The van der Waals surface area contributed by atoms with Crippen LogP contribution in [0.2, 0.25) is 5.02 Å². The van der Waals surface area contributed by atoms with E-state index in [1.54, 1.807) is 29.0 Å². The second-order valence-corrected chi connectivity index (χ2v) is 7.41. The Hall–Kier alpha value is -3.86. The predicted octanol–water partition coefficient (Wildman–Crippen LogP) is 4.16. The van der Waals surface area contributed by atoms with Gasteiger partial charge in [-0.15, -0.1) is 0 Å². The van der Waals surface area contributed by atoms with E-state index in [1.165, 1.54) is 6.20 Å². The Labute approximate surface area is 182 Å². The van der Waals surface area contributed by atoms with E-state index in [0.717, 1.165) is 27.6 Å². The maximum Gasteiger partial charge on any atom is 0.417 e. The summed E-state index contributed by atoms with van der Waals surface area (Å²) in [6, 6.07) is 7.98. The third-order valence-corrected chi connectivity index (χ3v) is 5.14. The Kier molecular flexibility index (Phi) is 4.45. The van der Waals surface area contributed by atoms with Crippen LogP contribution in [0, 0.1) is 0 Å². The average Bonchev–Trinajstić information content (AvgIpc) is 3.44. The van der Waals surface area contributed by atoms with Gasteiger partial charge in [-0.3, -0.25) is 4.79 Å². The molecule has 2 N–H and O–H groups in total. The first kappa shape index (κ1) is 20.1. The molecule has 0 aliphatic heterocycles. The minimum atomic E-state index is -4.55. The summed E-state index contributed by atoms with van der Waals surface area (Å²) in [5.41, 5.74) is 6.07. The van der Waals surface area contributed by atoms with Gasteiger partial charge in [0.1, 0.15) is 12.2 Å². The fraction of sp³-hybridized carbons (Fsp3) is 0.100. The van der Waals surface area contributed by atoms with Gasteiger partial charge >= 0.3 is 6.18 Å². The van der Waals surface area contributed by atoms with Gasteiger partial charge in [0.15, 0.2) is 5.65 Å². The summed E-state index contributed by atoms with van der Waals surface area (Å²) in [7, 11) is 0. The predicted molar refractivity (Wildman–Crippen MR) is 109 cm³/mol. The molecule has 5 aromatic rings. The number of carbonyl (C=O) groups excluding carboxylic acids is 1. The summed E-state index contributed by atoms with van der Waals surface area (Å²) in [5, 5.41) is 4.59. The fourth-order valence-corrected chi connectivity index (χ4v) is 3.73. The Bertz CT molecular complexity index is 1500. The Morgan fingerprint density at radius 2 is 2.00 bits per heavy atom. The van der Waals surface area contributed by atoms with Crippen LogP contribution < -0.4 is 5.73 Å². The molecule has 8 nitrogen and oxygen atoms in total. The molecular weight excluding hydrogens is 449 g/mol. The van der Waals surface area contributed by atoms with Crippen molar-refractivity contribution >= 4 is 34.1 Å². The number of aromatic nitrogens is 5. The smallest absolute Gasteiger partial charge is 0.368 e. The van der Waals surface area contributed by atoms with Crippen LogP contribution in [0.15, 0.2) is 53.4 Å². The molecule has 0 spiro atoms. The lowest BCUT2D eigenvalue weighted by molar-refractivity contribution is -0.137. The third kappa shape index (κ3) is 3.36. The van der Waals surface area contributed by atoms with Crippen molar-refractivity contribution in [3.05, 3.63) is 59.5 Å². The van der Waals surface area contributed by atoms with E-state index in [-0.39, 0.29) is 34.6 Å². The number of carbonyl (C=O) groups is 1. The van der Waals surface area contributed by atoms with Gasteiger partial charge in [0.25, 0.3) is 5.89 Å². The molecule has 0 radical (unpaired) electrons. The van der Waals surface area contributed by atoms with Gasteiger partial charge in [0.05, 0.1) is 10.6 Å². The van der Waals surface area contributed by atoms with Crippen molar-refractivity contribution in [2.75, 3.05) is 0 Å². The van der Waals surface area contributed by atoms with E-state index in [9.17, 15) is 18.0 Å². The Morgan fingerprint density at radius 3 is 2.75 bits per heavy atom. The summed E-state index contributed by atoms with van der Waals surface area (Å²) in [5.74, 6) is -0.211. The zero-order valence-corrected chi connectivity index (χ0v) is 16.7. The summed E-state index contributed by atoms with van der Waals surface area (Å²) in [6.45, 7) is 0.0202. The highest BCUT2D eigenvalue weighted by Gasteiger charge is 2.32. The van der Waals surface area contributed by atoms with Gasteiger partial charge in [-0.1, -0.05) is 28.9 Å². The molecule has 0 fully saturated rings. The maximum absolute atomic E-state index is 13.1. The van der Waals surface area contributed by atoms with E-state index >= 15 is 0 Å². The van der Waals surface area contributed by atoms with Crippen LogP contribution in [-0.2, 0) is 17.5 Å². The van der Waals surface area contributed by atoms with Gasteiger partial charge in [-0.05, 0) is 18.2 Å². The quantitative estimate of drug-likeness (QED) is 0.433. The molecule has 0 aliphatic rings. The van der Waals surface area contributed by atoms with Crippen molar-refractivity contribution in [3.63, 3.8) is 0 Å². The normalized spacial score (nSPS) is 12.1. The number of halogens is 4. The Balaban J connectivity index is 1.56. The van der Waals surface area contributed by atoms with Gasteiger partial charge in [-0.2, -0.15) is 18.2 Å². The van der Waals surface area contributed by atoms with Crippen LogP contribution in [0.1, 0.15) is 5.56 Å². The van der Waals surface area contributed by atoms with Gasteiger partial charge in [-0.25, -0.2) is 4.98 Å². The zero-order valence-electron chi connectivity index (χ0n) is 16.0. The molecule has 0 atom stereocenters. The number of imidazole rings is 1. The maximum atomic E-state index is 13.1. The largest absolute Gasteiger partial charge is 0.417 e. The summed E-state index contributed by atoms with van der Waals surface area (Å²) in [6.07, 6.45) is -0.610. The number of primary amides is 1. The molecule has 1 amide bonds. The molecule has 1 aromatic carbocycles. The minimum absolute atomic E-state index is 0.0156. The monoisotopic (exact) mass is 460 g/mol. The van der Waals surface area contributed by atoms with Crippen molar-refractivity contribution < 1.29 is 22.5 Å². The fourth-order valence-electron chi connectivity index (χ4n) is 3.48. The lowest BCUT2D eigenvalue weighted by Crippen LogP contribution is -2.17. The van der Waals surface area contributed by atoms with Crippen LogP contribution in [0.5, 0.6) is 0 Å². The average molecular weight is 461 g/mol. The van der Waals surface area contributed by atoms with Crippen molar-refractivity contribution in [1.29, 1.82) is 0 Å². The van der Waals surface area contributed by atoms with Crippen molar-refractivity contribution in [2.24, 2.45) is 5.73 Å². The molecule has 0 aliphatic carbocycles. The van der Waals surface area contributed by atoms with Gasteiger partial charge < -0.3 is 19.2 Å².